The van der Waals surface area contributed by atoms with Crippen molar-refractivity contribution in [2.24, 2.45) is 0 Å². The molecule has 2 heterocycles. The minimum absolute atomic E-state index is 0.0624. The van der Waals surface area contributed by atoms with Gasteiger partial charge in [-0.05, 0) is 43.7 Å². The Balaban J connectivity index is 1.77. The number of aryl methyl sites for hydroxylation is 1. The van der Waals surface area contributed by atoms with Crippen LogP contribution in [0.25, 0.3) is 6.08 Å². The molecule has 0 fully saturated rings. The van der Waals surface area contributed by atoms with Crippen LogP contribution in [-0.2, 0) is 6.54 Å². The van der Waals surface area contributed by atoms with E-state index in [2.05, 4.69) is 16.5 Å². The van der Waals surface area contributed by atoms with Gasteiger partial charge < -0.3 is 15.2 Å². The second-order valence-electron chi connectivity index (χ2n) is 5.63. The molecule has 0 atom stereocenters. The molecule has 0 amide bonds. The summed E-state index contributed by atoms with van der Waals surface area (Å²) >= 11 is 6.04. The maximum absolute atomic E-state index is 9.16. The Kier molecular flexibility index (Phi) is 4.59. The molecule has 0 spiro atoms. The highest BCUT2D eigenvalue weighted by molar-refractivity contribution is 6.30. The monoisotopic (exact) mass is 333 g/mol. The number of anilines is 1. The molecule has 5 nitrogen and oxygen atoms in total. The summed E-state index contributed by atoms with van der Waals surface area (Å²) < 4.78 is 7.57. The molecule has 6 heteroatoms. The van der Waals surface area contributed by atoms with E-state index < -0.39 is 0 Å². The van der Waals surface area contributed by atoms with Gasteiger partial charge in [0.05, 0.1) is 18.8 Å². The van der Waals surface area contributed by atoms with E-state index >= 15 is 0 Å². The van der Waals surface area contributed by atoms with Gasteiger partial charge in [-0.2, -0.15) is 5.10 Å². The van der Waals surface area contributed by atoms with Crippen molar-refractivity contribution in [1.82, 2.24) is 9.78 Å². The minimum Gasteiger partial charge on any atom is -0.489 e. The summed E-state index contributed by atoms with van der Waals surface area (Å²) in [6.45, 7) is 5.74. The molecule has 0 aliphatic carbocycles. The van der Waals surface area contributed by atoms with Crippen LogP contribution in [-0.4, -0.2) is 34.6 Å². The summed E-state index contributed by atoms with van der Waals surface area (Å²) in [4.78, 5) is 0. The molecule has 1 aliphatic rings. The van der Waals surface area contributed by atoms with Crippen LogP contribution in [0.1, 0.15) is 16.8 Å². The van der Waals surface area contributed by atoms with E-state index in [4.69, 9.17) is 21.4 Å². The Morgan fingerprint density at radius 3 is 3.00 bits per heavy atom. The van der Waals surface area contributed by atoms with E-state index in [1.54, 1.807) is 4.68 Å². The van der Waals surface area contributed by atoms with E-state index in [1.165, 1.54) is 0 Å². The quantitative estimate of drug-likeness (QED) is 0.883. The molecule has 1 aromatic heterocycles. The van der Waals surface area contributed by atoms with Gasteiger partial charge in [-0.15, -0.1) is 0 Å². The molecular weight excluding hydrogens is 314 g/mol. The van der Waals surface area contributed by atoms with Crippen LogP contribution in [0, 0.1) is 13.8 Å². The summed E-state index contributed by atoms with van der Waals surface area (Å²) in [7, 11) is 0. The largest absolute Gasteiger partial charge is 0.489 e. The predicted molar refractivity (Wildman–Crippen MR) is 92.2 cm³/mol. The number of aliphatic hydroxyl groups is 1. The number of nitrogens with zero attached hydrogens (tertiary/aromatic N) is 2. The van der Waals surface area contributed by atoms with E-state index in [-0.39, 0.29) is 6.61 Å². The lowest BCUT2D eigenvalue weighted by Crippen LogP contribution is -2.17. The molecule has 1 aliphatic heterocycles. The summed E-state index contributed by atoms with van der Waals surface area (Å²) in [5.41, 5.74) is 4.19. The van der Waals surface area contributed by atoms with Gasteiger partial charge in [-0.25, -0.2) is 4.68 Å². The first-order chi connectivity index (χ1) is 11.1. The SMILES string of the molecule is Cc1nn(CCO)c(NCC2=Cc3cc(Cl)ccc3OC2)c1C. The van der Waals surface area contributed by atoms with E-state index in [9.17, 15) is 0 Å². The maximum Gasteiger partial charge on any atom is 0.127 e. The Morgan fingerprint density at radius 2 is 2.22 bits per heavy atom. The standard InChI is InChI=1S/C17H20ClN3O2/c1-11-12(2)20-21(5-6-22)17(11)19-9-13-7-14-8-15(18)3-4-16(14)23-10-13/h3-4,7-8,19,22H,5-6,9-10H2,1-2H3. The average Bonchev–Trinajstić information content (AvgIpc) is 2.79. The van der Waals surface area contributed by atoms with Crippen LogP contribution in [0.2, 0.25) is 5.02 Å². The minimum atomic E-state index is 0.0624. The number of ether oxygens (including phenoxy) is 1. The summed E-state index contributed by atoms with van der Waals surface area (Å²) in [5.74, 6) is 1.80. The molecule has 0 unspecified atom stereocenters. The van der Waals surface area contributed by atoms with Crippen molar-refractivity contribution in [3.63, 3.8) is 0 Å². The Hall–Kier alpha value is -1.98. The lowest BCUT2D eigenvalue weighted by Gasteiger charge is -2.19. The highest BCUT2D eigenvalue weighted by Crippen LogP contribution is 2.29. The molecule has 1 aromatic carbocycles. The Morgan fingerprint density at radius 1 is 1.39 bits per heavy atom. The third kappa shape index (κ3) is 3.35. The number of benzene rings is 1. The van der Waals surface area contributed by atoms with Gasteiger partial charge in [-0.1, -0.05) is 11.6 Å². The summed E-state index contributed by atoms with van der Waals surface area (Å²) in [6.07, 6.45) is 2.10. The number of aromatic nitrogens is 2. The lowest BCUT2D eigenvalue weighted by molar-refractivity contribution is 0.270. The molecule has 2 aromatic rings. The maximum atomic E-state index is 9.16. The van der Waals surface area contributed by atoms with Crippen molar-refractivity contribution in [3.8, 4) is 5.75 Å². The zero-order chi connectivity index (χ0) is 16.4. The van der Waals surface area contributed by atoms with Gasteiger partial charge in [-0.3, -0.25) is 0 Å². The fourth-order valence-electron chi connectivity index (χ4n) is 2.65. The van der Waals surface area contributed by atoms with Gasteiger partial charge in [0.25, 0.3) is 0 Å². The number of hydrogen-bond acceptors (Lipinski definition) is 4. The lowest BCUT2D eigenvalue weighted by atomic mass is 10.1. The fourth-order valence-corrected chi connectivity index (χ4v) is 2.83. The van der Waals surface area contributed by atoms with Crippen molar-refractivity contribution < 1.29 is 9.84 Å². The first-order valence-electron chi connectivity index (χ1n) is 7.59. The zero-order valence-electron chi connectivity index (χ0n) is 13.3. The van der Waals surface area contributed by atoms with Gasteiger partial charge >= 0.3 is 0 Å². The molecule has 0 saturated carbocycles. The van der Waals surface area contributed by atoms with Crippen molar-refractivity contribution in [3.05, 3.63) is 45.6 Å². The van der Waals surface area contributed by atoms with E-state index in [0.717, 1.165) is 34.0 Å². The highest BCUT2D eigenvalue weighted by Gasteiger charge is 2.14. The second-order valence-corrected chi connectivity index (χ2v) is 6.07. The van der Waals surface area contributed by atoms with Crippen LogP contribution in [0.3, 0.4) is 0 Å². The normalized spacial score (nSPS) is 13.3. The number of fused-ring (bicyclic) bond motifs is 1. The summed E-state index contributed by atoms with van der Waals surface area (Å²) in [6, 6.07) is 5.63. The number of hydrogen-bond donors (Lipinski definition) is 2. The molecule has 3 rings (SSSR count). The Labute approximate surface area is 140 Å². The van der Waals surface area contributed by atoms with Gasteiger partial charge in [0, 0.05) is 22.7 Å². The third-order valence-electron chi connectivity index (χ3n) is 3.97. The molecule has 0 radical (unpaired) electrons. The first kappa shape index (κ1) is 15.9. The number of halogens is 1. The smallest absolute Gasteiger partial charge is 0.127 e. The van der Waals surface area contributed by atoms with Crippen LogP contribution in [0.5, 0.6) is 5.75 Å². The van der Waals surface area contributed by atoms with Gasteiger partial charge in [0.2, 0.25) is 0 Å². The average molecular weight is 334 g/mol. The van der Waals surface area contributed by atoms with Crippen LogP contribution in [0.15, 0.2) is 23.8 Å². The second kappa shape index (κ2) is 6.64. The van der Waals surface area contributed by atoms with Gasteiger partial charge in [0.1, 0.15) is 18.2 Å². The Bertz CT molecular complexity index is 753. The predicted octanol–water partition coefficient (Wildman–Crippen LogP) is 3.03. The van der Waals surface area contributed by atoms with Crippen LogP contribution in [0.4, 0.5) is 5.82 Å². The van der Waals surface area contributed by atoms with Crippen molar-refractivity contribution in [1.29, 1.82) is 0 Å². The number of nitrogens with one attached hydrogen (secondary N) is 1. The molecule has 122 valence electrons. The van der Waals surface area contributed by atoms with Gasteiger partial charge in [0.15, 0.2) is 0 Å². The first-order valence-corrected chi connectivity index (χ1v) is 7.97. The molecular formula is C17H20ClN3O2. The highest BCUT2D eigenvalue weighted by atomic mass is 35.5. The number of aliphatic hydroxyl groups excluding tert-OH is 1. The molecule has 2 N–H and O–H groups in total. The van der Waals surface area contributed by atoms with Crippen molar-refractivity contribution in [2.45, 2.75) is 20.4 Å². The third-order valence-corrected chi connectivity index (χ3v) is 4.20. The topological polar surface area (TPSA) is 59.3 Å². The van der Waals surface area contributed by atoms with Crippen LogP contribution < -0.4 is 10.1 Å². The van der Waals surface area contributed by atoms with Crippen LogP contribution >= 0.6 is 11.6 Å². The van der Waals surface area contributed by atoms with E-state index in [1.807, 2.05) is 32.0 Å². The molecule has 23 heavy (non-hydrogen) atoms. The molecule has 0 bridgehead atoms. The summed E-state index contributed by atoms with van der Waals surface area (Å²) in [5, 5.41) is 17.7. The zero-order valence-corrected chi connectivity index (χ0v) is 14.0. The van der Waals surface area contributed by atoms with E-state index in [0.29, 0.717) is 24.7 Å². The van der Waals surface area contributed by atoms with Crippen molar-refractivity contribution in [2.75, 3.05) is 25.1 Å². The number of rotatable bonds is 5. The fraction of sp³-hybridized carbons (Fsp3) is 0.353. The molecule has 0 saturated heterocycles. The van der Waals surface area contributed by atoms with Crippen molar-refractivity contribution >= 4 is 23.5 Å².